The highest BCUT2D eigenvalue weighted by Gasteiger charge is 2.24. The molecule has 1 aromatic heterocycles. The zero-order valence-electron chi connectivity index (χ0n) is 18.9. The summed E-state index contributed by atoms with van der Waals surface area (Å²) in [6.45, 7) is 8.13. The van der Waals surface area contributed by atoms with E-state index >= 15 is 0 Å². The number of carboxylic acid groups (broad SMARTS) is 1. The van der Waals surface area contributed by atoms with Crippen LogP contribution < -0.4 is 4.74 Å². The lowest BCUT2D eigenvalue weighted by Gasteiger charge is -2.31. The summed E-state index contributed by atoms with van der Waals surface area (Å²) in [5.74, 6) is 0.00484. The number of aromatic carboxylic acids is 1. The molecule has 1 unspecified atom stereocenters. The third-order valence-electron chi connectivity index (χ3n) is 6.38. The van der Waals surface area contributed by atoms with Crippen molar-refractivity contribution in [2.24, 2.45) is 0 Å². The van der Waals surface area contributed by atoms with E-state index in [0.29, 0.717) is 24.9 Å². The van der Waals surface area contributed by atoms with Crippen LogP contribution in [0, 0.1) is 0 Å². The SMILES string of the molecule is CCOC(C)n1cc(C2CCN(CCOc3ccccc3C(=O)O)CC2)c2ccccc21. The normalized spacial score (nSPS) is 16.3. The number of benzene rings is 2. The number of fused-ring (bicyclic) bond motifs is 1. The summed E-state index contributed by atoms with van der Waals surface area (Å²) >= 11 is 0. The Kier molecular flexibility index (Phi) is 7.12. The highest BCUT2D eigenvalue weighted by molar-refractivity contribution is 5.90. The van der Waals surface area contributed by atoms with E-state index in [4.69, 9.17) is 9.47 Å². The third kappa shape index (κ3) is 4.81. The van der Waals surface area contributed by atoms with Gasteiger partial charge in [0.1, 0.15) is 24.1 Å². The standard InChI is InChI=1S/C26H32N2O4/c1-3-31-19(2)28-18-23(21-8-4-6-10-24(21)28)20-12-14-27(15-13-20)16-17-32-25-11-7-5-9-22(25)26(29)30/h4-11,18-20H,3,12-17H2,1-2H3,(H,29,30). The van der Waals surface area contributed by atoms with Gasteiger partial charge in [-0.25, -0.2) is 4.79 Å². The quantitative estimate of drug-likeness (QED) is 0.502. The second-order valence-electron chi connectivity index (χ2n) is 8.33. The van der Waals surface area contributed by atoms with Crippen molar-refractivity contribution in [1.29, 1.82) is 0 Å². The zero-order chi connectivity index (χ0) is 22.5. The number of nitrogens with zero attached hydrogens (tertiary/aromatic N) is 2. The molecule has 0 bridgehead atoms. The van der Waals surface area contributed by atoms with Crippen molar-refractivity contribution in [3.05, 3.63) is 65.9 Å². The summed E-state index contributed by atoms with van der Waals surface area (Å²) in [6.07, 6.45) is 4.51. The number of carbonyl (C=O) groups is 1. The molecule has 1 fully saturated rings. The minimum absolute atomic E-state index is 0.0181. The number of hydrogen-bond donors (Lipinski definition) is 1. The van der Waals surface area contributed by atoms with Gasteiger partial charge in [0, 0.05) is 24.7 Å². The van der Waals surface area contributed by atoms with Crippen LogP contribution in [0.5, 0.6) is 5.75 Å². The van der Waals surface area contributed by atoms with Crippen molar-refractivity contribution in [2.75, 3.05) is 32.8 Å². The average molecular weight is 437 g/mol. The van der Waals surface area contributed by atoms with Crippen molar-refractivity contribution in [1.82, 2.24) is 9.47 Å². The molecule has 170 valence electrons. The minimum atomic E-state index is -0.959. The lowest BCUT2D eigenvalue weighted by atomic mass is 9.89. The van der Waals surface area contributed by atoms with E-state index in [0.717, 1.165) is 32.5 Å². The summed E-state index contributed by atoms with van der Waals surface area (Å²) in [6, 6.07) is 15.4. The Morgan fingerprint density at radius 2 is 1.84 bits per heavy atom. The molecule has 0 spiro atoms. The summed E-state index contributed by atoms with van der Waals surface area (Å²) in [7, 11) is 0. The topological polar surface area (TPSA) is 63.9 Å². The first kappa shape index (κ1) is 22.4. The average Bonchev–Trinajstić information content (AvgIpc) is 3.20. The van der Waals surface area contributed by atoms with Gasteiger partial charge in [-0.3, -0.25) is 4.90 Å². The lowest BCUT2D eigenvalue weighted by Crippen LogP contribution is -2.35. The second-order valence-corrected chi connectivity index (χ2v) is 8.33. The van der Waals surface area contributed by atoms with Gasteiger partial charge in [0.15, 0.2) is 0 Å². The number of hydrogen-bond acceptors (Lipinski definition) is 4. The molecule has 1 saturated heterocycles. The predicted octanol–water partition coefficient (Wildman–Crippen LogP) is 5.15. The van der Waals surface area contributed by atoms with Crippen LogP contribution in [-0.2, 0) is 4.74 Å². The van der Waals surface area contributed by atoms with Crippen LogP contribution in [0.25, 0.3) is 10.9 Å². The van der Waals surface area contributed by atoms with Gasteiger partial charge in [-0.2, -0.15) is 0 Å². The largest absolute Gasteiger partial charge is 0.491 e. The maximum absolute atomic E-state index is 11.3. The van der Waals surface area contributed by atoms with Gasteiger partial charge in [0.2, 0.25) is 0 Å². The summed E-state index contributed by atoms with van der Waals surface area (Å²) in [5, 5.41) is 10.6. The third-order valence-corrected chi connectivity index (χ3v) is 6.38. The fraction of sp³-hybridized carbons (Fsp3) is 0.423. The van der Waals surface area contributed by atoms with E-state index in [2.05, 4.69) is 46.9 Å². The molecule has 1 atom stereocenters. The number of carboxylic acids is 1. The van der Waals surface area contributed by atoms with Gasteiger partial charge in [0.05, 0.1) is 5.52 Å². The molecule has 0 saturated carbocycles. The molecule has 1 N–H and O–H groups in total. The fourth-order valence-electron chi connectivity index (χ4n) is 4.70. The van der Waals surface area contributed by atoms with Crippen LogP contribution in [0.1, 0.15) is 54.8 Å². The monoisotopic (exact) mass is 436 g/mol. The van der Waals surface area contributed by atoms with Crippen LogP contribution in [-0.4, -0.2) is 53.4 Å². The predicted molar refractivity (Wildman–Crippen MR) is 126 cm³/mol. The summed E-state index contributed by atoms with van der Waals surface area (Å²) in [5.41, 5.74) is 2.86. The van der Waals surface area contributed by atoms with Crippen LogP contribution in [0.3, 0.4) is 0 Å². The molecule has 1 aliphatic rings. The number of para-hydroxylation sites is 2. The van der Waals surface area contributed by atoms with Crippen molar-refractivity contribution in [3.8, 4) is 5.75 Å². The zero-order valence-corrected chi connectivity index (χ0v) is 18.9. The van der Waals surface area contributed by atoms with Gasteiger partial charge < -0.3 is 19.1 Å². The molecular weight excluding hydrogens is 404 g/mol. The Bertz CT molecular complexity index is 1050. The van der Waals surface area contributed by atoms with Crippen molar-refractivity contribution in [2.45, 2.75) is 38.8 Å². The maximum atomic E-state index is 11.3. The van der Waals surface area contributed by atoms with Gasteiger partial charge >= 0.3 is 5.97 Å². The highest BCUT2D eigenvalue weighted by atomic mass is 16.5. The molecule has 0 amide bonds. The molecular formula is C26H32N2O4. The van der Waals surface area contributed by atoms with Crippen LogP contribution in [0.4, 0.5) is 0 Å². The van der Waals surface area contributed by atoms with E-state index in [1.165, 1.54) is 16.5 Å². The van der Waals surface area contributed by atoms with Gasteiger partial charge in [-0.05, 0) is 69.5 Å². The van der Waals surface area contributed by atoms with Crippen LogP contribution >= 0.6 is 0 Å². The molecule has 4 rings (SSSR count). The van der Waals surface area contributed by atoms with E-state index in [9.17, 15) is 9.90 Å². The first-order valence-corrected chi connectivity index (χ1v) is 11.5. The van der Waals surface area contributed by atoms with Crippen LogP contribution in [0.2, 0.25) is 0 Å². The maximum Gasteiger partial charge on any atom is 0.339 e. The Morgan fingerprint density at radius 3 is 2.59 bits per heavy atom. The van der Waals surface area contributed by atoms with Crippen LogP contribution in [0.15, 0.2) is 54.7 Å². The first-order valence-electron chi connectivity index (χ1n) is 11.5. The summed E-state index contributed by atoms with van der Waals surface area (Å²) in [4.78, 5) is 13.7. The van der Waals surface area contributed by atoms with Crippen molar-refractivity contribution < 1.29 is 19.4 Å². The van der Waals surface area contributed by atoms with Crippen molar-refractivity contribution >= 4 is 16.9 Å². The number of piperidine rings is 1. The first-order chi connectivity index (χ1) is 15.6. The molecule has 6 nitrogen and oxygen atoms in total. The minimum Gasteiger partial charge on any atom is -0.491 e. The number of likely N-dealkylation sites (tertiary alicyclic amines) is 1. The Morgan fingerprint density at radius 1 is 1.12 bits per heavy atom. The van der Waals surface area contributed by atoms with Crippen molar-refractivity contribution in [3.63, 3.8) is 0 Å². The highest BCUT2D eigenvalue weighted by Crippen LogP contribution is 2.35. The van der Waals surface area contributed by atoms with E-state index in [1.807, 2.05) is 6.92 Å². The van der Waals surface area contributed by atoms with E-state index < -0.39 is 5.97 Å². The number of aromatic nitrogens is 1. The molecule has 1 aliphatic heterocycles. The Hall–Kier alpha value is -2.83. The lowest BCUT2D eigenvalue weighted by molar-refractivity contribution is 0.0278. The molecule has 0 radical (unpaired) electrons. The van der Waals surface area contributed by atoms with Gasteiger partial charge in [-0.15, -0.1) is 0 Å². The summed E-state index contributed by atoms with van der Waals surface area (Å²) < 4.78 is 13.9. The fourth-order valence-corrected chi connectivity index (χ4v) is 4.70. The molecule has 6 heteroatoms. The number of ether oxygens (including phenoxy) is 2. The molecule has 32 heavy (non-hydrogen) atoms. The molecule has 0 aliphatic carbocycles. The Balaban J connectivity index is 1.36. The smallest absolute Gasteiger partial charge is 0.339 e. The molecule has 3 aromatic rings. The van der Waals surface area contributed by atoms with E-state index in [-0.39, 0.29) is 11.8 Å². The molecule has 2 heterocycles. The van der Waals surface area contributed by atoms with Gasteiger partial charge in [0.25, 0.3) is 0 Å². The number of rotatable bonds is 9. The van der Waals surface area contributed by atoms with E-state index in [1.54, 1.807) is 24.3 Å². The Labute approximate surface area is 189 Å². The molecule has 2 aromatic carbocycles. The van der Waals surface area contributed by atoms with Gasteiger partial charge in [-0.1, -0.05) is 30.3 Å². The second kappa shape index (κ2) is 10.2.